The van der Waals surface area contributed by atoms with Gasteiger partial charge in [0, 0.05) is 19.7 Å². The van der Waals surface area contributed by atoms with Gasteiger partial charge in [-0.1, -0.05) is 30.1 Å². The van der Waals surface area contributed by atoms with E-state index >= 15 is 0 Å². The topological polar surface area (TPSA) is 55.6 Å². The van der Waals surface area contributed by atoms with Crippen molar-refractivity contribution in [3.8, 4) is 0 Å². The van der Waals surface area contributed by atoms with E-state index in [-0.39, 0.29) is 6.04 Å². The molecule has 2 aromatic rings. The smallest absolute Gasteiger partial charge is 0.138 e. The largest absolute Gasteiger partial charge is 0.308 e. The summed E-state index contributed by atoms with van der Waals surface area (Å²) >= 11 is 12.1. The van der Waals surface area contributed by atoms with E-state index in [4.69, 9.17) is 23.2 Å². The van der Waals surface area contributed by atoms with Gasteiger partial charge in [-0.3, -0.25) is 9.67 Å². The number of hydrogen-bond donors (Lipinski definition) is 1. The van der Waals surface area contributed by atoms with Crippen molar-refractivity contribution in [2.45, 2.75) is 19.4 Å². The maximum absolute atomic E-state index is 6.21. The predicted octanol–water partition coefficient (Wildman–Crippen LogP) is 2.41. The molecule has 0 aliphatic rings. The van der Waals surface area contributed by atoms with Crippen molar-refractivity contribution in [2.24, 2.45) is 7.05 Å². The lowest BCUT2D eigenvalue weighted by Gasteiger charge is -2.18. The third kappa shape index (κ3) is 3.43. The van der Waals surface area contributed by atoms with Gasteiger partial charge in [0.1, 0.15) is 12.2 Å². The molecule has 0 aliphatic heterocycles. The summed E-state index contributed by atoms with van der Waals surface area (Å²) in [6, 6.07) is 1.68. The molecule has 0 aliphatic carbocycles. The highest BCUT2D eigenvalue weighted by atomic mass is 35.5. The van der Waals surface area contributed by atoms with E-state index in [1.54, 1.807) is 16.9 Å². The van der Waals surface area contributed by atoms with Crippen LogP contribution in [0.25, 0.3) is 0 Å². The van der Waals surface area contributed by atoms with Gasteiger partial charge in [-0.05, 0) is 12.6 Å². The Morgan fingerprint density at radius 1 is 1.37 bits per heavy atom. The molecule has 0 amide bonds. The number of halogens is 2. The summed E-state index contributed by atoms with van der Waals surface area (Å²) in [5, 5.41) is 8.50. The lowest BCUT2D eigenvalue weighted by molar-refractivity contribution is 0.511. The zero-order chi connectivity index (χ0) is 13.8. The second kappa shape index (κ2) is 6.32. The molecule has 1 atom stereocenters. The van der Waals surface area contributed by atoms with Gasteiger partial charge >= 0.3 is 0 Å². The number of nitrogens with zero attached hydrogens (tertiary/aromatic N) is 4. The molecule has 1 N–H and O–H groups in total. The van der Waals surface area contributed by atoms with E-state index in [1.807, 2.05) is 14.0 Å². The molecule has 19 heavy (non-hydrogen) atoms. The Morgan fingerprint density at radius 3 is 2.74 bits per heavy atom. The van der Waals surface area contributed by atoms with E-state index in [0.717, 1.165) is 18.1 Å². The molecule has 2 heterocycles. The fraction of sp³-hybridized carbons (Fsp3) is 0.417. The monoisotopic (exact) mass is 299 g/mol. The molecule has 0 bridgehead atoms. The molecule has 0 saturated carbocycles. The number of rotatable bonds is 5. The zero-order valence-electron chi connectivity index (χ0n) is 10.8. The lowest BCUT2D eigenvalue weighted by atomic mass is 10.1. The number of nitrogens with one attached hydrogen (secondary N) is 1. The Balaban J connectivity index is 2.27. The van der Waals surface area contributed by atoms with Crippen LogP contribution in [0.3, 0.4) is 0 Å². The summed E-state index contributed by atoms with van der Waals surface area (Å²) in [5.41, 5.74) is 0.774. The molecule has 0 aromatic carbocycles. The maximum Gasteiger partial charge on any atom is 0.138 e. The fourth-order valence-electron chi connectivity index (χ4n) is 1.88. The molecule has 2 aromatic heterocycles. The van der Waals surface area contributed by atoms with Crippen LogP contribution in [0.1, 0.15) is 24.5 Å². The first-order valence-electron chi connectivity index (χ1n) is 5.99. The third-order valence-electron chi connectivity index (χ3n) is 2.81. The van der Waals surface area contributed by atoms with E-state index in [1.165, 1.54) is 6.33 Å². The van der Waals surface area contributed by atoms with Gasteiger partial charge in [-0.15, -0.1) is 0 Å². The second-order valence-electron chi connectivity index (χ2n) is 4.13. The van der Waals surface area contributed by atoms with Gasteiger partial charge in [0.15, 0.2) is 0 Å². The van der Waals surface area contributed by atoms with E-state index < -0.39 is 0 Å². The van der Waals surface area contributed by atoms with Crippen molar-refractivity contribution < 1.29 is 0 Å². The molecule has 0 fully saturated rings. The first kappa shape index (κ1) is 14.2. The van der Waals surface area contributed by atoms with E-state index in [9.17, 15) is 0 Å². The highest BCUT2D eigenvalue weighted by Gasteiger charge is 2.18. The average Bonchev–Trinajstić information content (AvgIpc) is 2.75. The van der Waals surface area contributed by atoms with Crippen LogP contribution in [0.5, 0.6) is 0 Å². The quantitative estimate of drug-likeness (QED) is 0.921. The molecule has 5 nitrogen and oxygen atoms in total. The van der Waals surface area contributed by atoms with E-state index in [2.05, 4.69) is 20.4 Å². The molecule has 0 spiro atoms. The van der Waals surface area contributed by atoms with Crippen molar-refractivity contribution >= 4 is 23.2 Å². The predicted molar refractivity (Wildman–Crippen MR) is 75.4 cm³/mol. The van der Waals surface area contributed by atoms with Crippen molar-refractivity contribution in [3.05, 3.63) is 40.2 Å². The first-order chi connectivity index (χ1) is 9.11. The summed E-state index contributed by atoms with van der Waals surface area (Å²) in [4.78, 5) is 8.55. The molecule has 1 unspecified atom stereocenters. The van der Waals surface area contributed by atoms with Crippen LogP contribution in [0, 0.1) is 0 Å². The van der Waals surface area contributed by atoms with Crippen LogP contribution in [-0.2, 0) is 13.5 Å². The molecule has 102 valence electrons. The highest BCUT2D eigenvalue weighted by Crippen LogP contribution is 2.25. The second-order valence-corrected chi connectivity index (χ2v) is 4.98. The maximum atomic E-state index is 6.21. The summed E-state index contributed by atoms with van der Waals surface area (Å²) in [7, 11) is 1.86. The van der Waals surface area contributed by atoms with Crippen molar-refractivity contribution in [1.29, 1.82) is 0 Å². The minimum Gasteiger partial charge on any atom is -0.308 e. The van der Waals surface area contributed by atoms with Crippen LogP contribution in [0.15, 0.2) is 18.6 Å². The number of likely N-dealkylation sites (N-methyl/N-ethyl adjacent to an activating group) is 1. The van der Waals surface area contributed by atoms with Crippen LogP contribution in [-0.4, -0.2) is 26.3 Å². The van der Waals surface area contributed by atoms with Crippen molar-refractivity contribution in [2.75, 3.05) is 6.54 Å². The normalized spacial score (nSPS) is 12.6. The zero-order valence-corrected chi connectivity index (χ0v) is 12.3. The molecular weight excluding hydrogens is 285 g/mol. The Hall–Kier alpha value is -1.17. The number of pyridine rings is 1. The summed E-state index contributed by atoms with van der Waals surface area (Å²) in [5.74, 6) is 0.874. The van der Waals surface area contributed by atoms with Gasteiger partial charge in [0.2, 0.25) is 0 Å². The molecule has 0 radical (unpaired) electrons. The van der Waals surface area contributed by atoms with Crippen molar-refractivity contribution in [3.63, 3.8) is 0 Å². The lowest BCUT2D eigenvalue weighted by Crippen LogP contribution is -2.25. The summed E-state index contributed by atoms with van der Waals surface area (Å²) < 4.78 is 1.74. The first-order valence-corrected chi connectivity index (χ1v) is 6.74. The highest BCUT2D eigenvalue weighted by molar-refractivity contribution is 6.34. The van der Waals surface area contributed by atoms with E-state index in [0.29, 0.717) is 16.5 Å². The average molecular weight is 300 g/mol. The Labute approximate surface area is 122 Å². The van der Waals surface area contributed by atoms with Gasteiger partial charge in [0.05, 0.1) is 21.8 Å². The SMILES string of the molecule is CCNC(Cc1ncnn1C)c1ncc(Cl)cc1Cl. The Bertz CT molecular complexity index is 555. The number of aryl methyl sites for hydroxylation is 1. The molecule has 7 heteroatoms. The summed E-state index contributed by atoms with van der Waals surface area (Å²) in [6.07, 6.45) is 3.80. The van der Waals surface area contributed by atoms with Crippen molar-refractivity contribution in [1.82, 2.24) is 25.1 Å². The number of hydrogen-bond acceptors (Lipinski definition) is 4. The molecular formula is C12H15Cl2N5. The van der Waals surface area contributed by atoms with Gasteiger partial charge in [-0.2, -0.15) is 5.10 Å². The van der Waals surface area contributed by atoms with Gasteiger partial charge in [-0.25, -0.2) is 4.98 Å². The Morgan fingerprint density at radius 2 is 2.16 bits per heavy atom. The molecule has 0 saturated heterocycles. The van der Waals surface area contributed by atoms with Gasteiger partial charge < -0.3 is 5.32 Å². The minimum absolute atomic E-state index is 0.0160. The van der Waals surface area contributed by atoms with Crippen LogP contribution < -0.4 is 5.32 Å². The molecule has 2 rings (SSSR count). The Kier molecular flexibility index (Phi) is 4.74. The van der Waals surface area contributed by atoms with Crippen LogP contribution in [0.4, 0.5) is 0 Å². The van der Waals surface area contributed by atoms with Crippen LogP contribution in [0.2, 0.25) is 10.0 Å². The van der Waals surface area contributed by atoms with Gasteiger partial charge in [0.25, 0.3) is 0 Å². The standard InChI is InChI=1S/C12H15Cl2N5/c1-3-15-10(5-11-17-7-18-19(11)2)12-9(14)4-8(13)6-16-12/h4,6-7,10,15H,3,5H2,1-2H3. The minimum atomic E-state index is -0.0160. The third-order valence-corrected chi connectivity index (χ3v) is 3.32. The number of aromatic nitrogens is 4. The fourth-order valence-corrected chi connectivity index (χ4v) is 2.39. The summed E-state index contributed by atoms with van der Waals surface area (Å²) in [6.45, 7) is 2.84. The van der Waals surface area contributed by atoms with Crippen LogP contribution >= 0.6 is 23.2 Å².